The van der Waals surface area contributed by atoms with Gasteiger partial charge < -0.3 is 10.1 Å². The van der Waals surface area contributed by atoms with Gasteiger partial charge in [-0.1, -0.05) is 34.1 Å². The number of carbonyl (C=O) groups is 3. The summed E-state index contributed by atoms with van der Waals surface area (Å²) in [6.45, 7) is -0.329. The molecule has 1 heterocycles. The van der Waals surface area contributed by atoms with E-state index in [0.29, 0.717) is 18.4 Å². The SMILES string of the molecule is O=C1CCc2cc(C(=O)COC(=O)/C=C/c3ccccc3Br)ccc2N1. The summed E-state index contributed by atoms with van der Waals surface area (Å²) in [4.78, 5) is 35.4. The predicted octanol–water partition coefficient (Wildman–Crippen LogP) is 3.77. The summed E-state index contributed by atoms with van der Waals surface area (Å²) < 4.78 is 5.88. The number of ether oxygens (including phenoxy) is 1. The zero-order valence-corrected chi connectivity index (χ0v) is 15.4. The number of esters is 1. The highest BCUT2D eigenvalue weighted by molar-refractivity contribution is 9.10. The largest absolute Gasteiger partial charge is 0.454 e. The van der Waals surface area contributed by atoms with Crippen molar-refractivity contribution in [1.82, 2.24) is 0 Å². The molecule has 2 aromatic rings. The maximum absolute atomic E-state index is 12.2. The molecule has 2 aromatic carbocycles. The summed E-state index contributed by atoms with van der Waals surface area (Å²) in [5.41, 5.74) is 2.94. The second-order valence-electron chi connectivity index (χ2n) is 5.81. The molecule has 132 valence electrons. The van der Waals surface area contributed by atoms with Gasteiger partial charge in [-0.3, -0.25) is 9.59 Å². The lowest BCUT2D eigenvalue weighted by Crippen LogP contribution is -2.20. The van der Waals surface area contributed by atoms with Crippen molar-refractivity contribution < 1.29 is 19.1 Å². The average molecular weight is 414 g/mol. The Kier molecular flexibility index (Phi) is 5.63. The summed E-state index contributed by atoms with van der Waals surface area (Å²) in [6.07, 6.45) is 3.91. The van der Waals surface area contributed by atoms with E-state index in [4.69, 9.17) is 4.74 Å². The Bertz CT molecular complexity index is 904. The quantitative estimate of drug-likeness (QED) is 0.459. The van der Waals surface area contributed by atoms with Gasteiger partial charge in [-0.15, -0.1) is 0 Å². The molecule has 0 fully saturated rings. The highest BCUT2D eigenvalue weighted by atomic mass is 79.9. The number of anilines is 1. The van der Waals surface area contributed by atoms with Gasteiger partial charge in [-0.2, -0.15) is 0 Å². The minimum absolute atomic E-state index is 0.0256. The number of Topliss-reactive ketones (excluding diaryl/α,β-unsaturated/α-hetero) is 1. The second kappa shape index (κ2) is 8.10. The lowest BCUT2D eigenvalue weighted by atomic mass is 9.99. The van der Waals surface area contributed by atoms with Crippen molar-refractivity contribution in [2.24, 2.45) is 0 Å². The van der Waals surface area contributed by atoms with Crippen LogP contribution in [0.15, 0.2) is 53.0 Å². The van der Waals surface area contributed by atoms with Crippen LogP contribution in [0.25, 0.3) is 6.08 Å². The maximum atomic E-state index is 12.2. The van der Waals surface area contributed by atoms with Crippen molar-refractivity contribution in [3.63, 3.8) is 0 Å². The topological polar surface area (TPSA) is 72.5 Å². The Balaban J connectivity index is 1.58. The van der Waals surface area contributed by atoms with E-state index in [1.54, 1.807) is 24.3 Å². The molecule has 0 unspecified atom stereocenters. The van der Waals surface area contributed by atoms with Crippen LogP contribution in [0.3, 0.4) is 0 Å². The van der Waals surface area contributed by atoms with E-state index < -0.39 is 5.97 Å². The normalized spacial score (nSPS) is 13.2. The Hall–Kier alpha value is -2.73. The van der Waals surface area contributed by atoms with E-state index in [9.17, 15) is 14.4 Å². The van der Waals surface area contributed by atoms with Crippen LogP contribution in [0.1, 0.15) is 27.9 Å². The lowest BCUT2D eigenvalue weighted by Gasteiger charge is -2.17. The first-order chi connectivity index (χ1) is 12.5. The monoisotopic (exact) mass is 413 g/mol. The van der Waals surface area contributed by atoms with Gasteiger partial charge in [0.05, 0.1) is 0 Å². The zero-order valence-electron chi connectivity index (χ0n) is 13.8. The van der Waals surface area contributed by atoms with E-state index in [-0.39, 0.29) is 18.3 Å². The molecular formula is C20H16BrNO4. The van der Waals surface area contributed by atoms with Gasteiger partial charge >= 0.3 is 5.97 Å². The summed E-state index contributed by atoms with van der Waals surface area (Å²) in [5, 5.41) is 2.76. The first-order valence-electron chi connectivity index (χ1n) is 8.08. The van der Waals surface area contributed by atoms with Gasteiger partial charge in [-0.05, 0) is 47.9 Å². The molecule has 0 spiro atoms. The number of carbonyl (C=O) groups excluding carboxylic acids is 3. The standard InChI is InChI=1S/C20H16BrNO4/c21-16-4-2-1-3-13(16)7-10-20(25)26-12-18(23)15-5-8-17-14(11-15)6-9-19(24)22-17/h1-5,7-8,10-11H,6,9,12H2,(H,22,24)/b10-7+. The fraction of sp³-hybridized carbons (Fsp3) is 0.150. The number of rotatable bonds is 5. The molecule has 1 aliphatic heterocycles. The molecule has 5 nitrogen and oxygen atoms in total. The Labute approximate surface area is 159 Å². The van der Waals surface area contributed by atoms with Crippen molar-refractivity contribution in [2.75, 3.05) is 11.9 Å². The van der Waals surface area contributed by atoms with E-state index in [1.807, 2.05) is 24.3 Å². The van der Waals surface area contributed by atoms with Crippen LogP contribution in [-0.4, -0.2) is 24.3 Å². The molecule has 0 saturated carbocycles. The minimum Gasteiger partial charge on any atom is -0.454 e. The molecule has 26 heavy (non-hydrogen) atoms. The molecule has 0 aromatic heterocycles. The number of halogens is 1. The Morgan fingerprint density at radius 3 is 2.77 bits per heavy atom. The smallest absolute Gasteiger partial charge is 0.331 e. The average Bonchev–Trinajstić information content (AvgIpc) is 2.65. The molecule has 0 saturated heterocycles. The molecule has 0 atom stereocenters. The van der Waals surface area contributed by atoms with Crippen LogP contribution >= 0.6 is 15.9 Å². The number of ketones is 1. The van der Waals surface area contributed by atoms with Gasteiger partial charge in [0, 0.05) is 28.2 Å². The summed E-state index contributed by atoms with van der Waals surface area (Å²) >= 11 is 3.39. The number of amides is 1. The van der Waals surface area contributed by atoms with Crippen molar-refractivity contribution in [3.8, 4) is 0 Å². The zero-order chi connectivity index (χ0) is 18.5. The van der Waals surface area contributed by atoms with Gasteiger partial charge in [0.2, 0.25) is 5.91 Å². The molecular weight excluding hydrogens is 398 g/mol. The number of benzene rings is 2. The van der Waals surface area contributed by atoms with Crippen LogP contribution in [0.5, 0.6) is 0 Å². The van der Waals surface area contributed by atoms with E-state index in [2.05, 4.69) is 21.2 Å². The van der Waals surface area contributed by atoms with Crippen LogP contribution in [0.4, 0.5) is 5.69 Å². The number of hydrogen-bond donors (Lipinski definition) is 1. The molecule has 1 amide bonds. The predicted molar refractivity (Wildman–Crippen MR) is 102 cm³/mol. The summed E-state index contributed by atoms with van der Waals surface area (Å²) in [6, 6.07) is 12.5. The van der Waals surface area contributed by atoms with Crippen LogP contribution in [0.2, 0.25) is 0 Å². The van der Waals surface area contributed by atoms with Crippen molar-refractivity contribution >= 4 is 45.4 Å². The van der Waals surface area contributed by atoms with Gasteiger partial charge in [0.1, 0.15) is 0 Å². The minimum atomic E-state index is -0.584. The molecule has 1 aliphatic rings. The highest BCUT2D eigenvalue weighted by Gasteiger charge is 2.17. The van der Waals surface area contributed by atoms with Gasteiger partial charge in [0.15, 0.2) is 12.4 Å². The van der Waals surface area contributed by atoms with E-state index in [1.165, 1.54) is 6.08 Å². The molecule has 0 bridgehead atoms. The highest BCUT2D eigenvalue weighted by Crippen LogP contribution is 2.23. The third-order valence-corrected chi connectivity index (χ3v) is 4.69. The first-order valence-corrected chi connectivity index (χ1v) is 8.87. The maximum Gasteiger partial charge on any atom is 0.331 e. The number of hydrogen-bond acceptors (Lipinski definition) is 4. The Morgan fingerprint density at radius 2 is 1.96 bits per heavy atom. The van der Waals surface area contributed by atoms with E-state index >= 15 is 0 Å². The number of aryl methyl sites for hydroxylation is 1. The van der Waals surface area contributed by atoms with Crippen molar-refractivity contribution in [2.45, 2.75) is 12.8 Å². The number of fused-ring (bicyclic) bond motifs is 1. The third kappa shape index (κ3) is 4.46. The fourth-order valence-electron chi connectivity index (χ4n) is 2.59. The van der Waals surface area contributed by atoms with Crippen LogP contribution < -0.4 is 5.32 Å². The molecule has 3 rings (SSSR count). The van der Waals surface area contributed by atoms with Gasteiger partial charge in [-0.25, -0.2) is 4.79 Å². The van der Waals surface area contributed by atoms with Crippen molar-refractivity contribution in [3.05, 3.63) is 69.7 Å². The van der Waals surface area contributed by atoms with E-state index in [0.717, 1.165) is 21.3 Å². The summed E-state index contributed by atoms with van der Waals surface area (Å²) in [5.74, 6) is -0.894. The Morgan fingerprint density at radius 1 is 1.15 bits per heavy atom. The van der Waals surface area contributed by atoms with Crippen LogP contribution in [-0.2, 0) is 20.7 Å². The number of nitrogens with one attached hydrogen (secondary N) is 1. The lowest BCUT2D eigenvalue weighted by molar-refractivity contribution is -0.136. The molecule has 1 N–H and O–H groups in total. The molecule has 0 aliphatic carbocycles. The molecule has 6 heteroatoms. The fourth-order valence-corrected chi connectivity index (χ4v) is 3.01. The first kappa shape index (κ1) is 18.1. The second-order valence-corrected chi connectivity index (χ2v) is 6.66. The van der Waals surface area contributed by atoms with Crippen molar-refractivity contribution in [1.29, 1.82) is 0 Å². The third-order valence-electron chi connectivity index (χ3n) is 3.97. The summed E-state index contributed by atoms with van der Waals surface area (Å²) in [7, 11) is 0. The van der Waals surface area contributed by atoms with Gasteiger partial charge in [0.25, 0.3) is 0 Å². The van der Waals surface area contributed by atoms with Crippen LogP contribution in [0, 0.1) is 0 Å². The molecule has 0 radical (unpaired) electrons.